The summed E-state index contributed by atoms with van der Waals surface area (Å²) in [6.07, 6.45) is 59.3. The Kier molecular flexibility index (Phi) is 50.1. The summed E-state index contributed by atoms with van der Waals surface area (Å²) in [5.74, 6) is -0.0724. The van der Waals surface area contributed by atoms with Crippen LogP contribution in [0, 0.1) is 0 Å². The van der Waals surface area contributed by atoms with Gasteiger partial charge in [-0.25, -0.2) is 0 Å². The highest BCUT2D eigenvalue weighted by Gasteiger charge is 2.18. The second-order valence-corrected chi connectivity index (χ2v) is 18.9. The zero-order valence-corrected chi connectivity index (χ0v) is 41.2. The van der Waals surface area contributed by atoms with Crippen LogP contribution in [0.4, 0.5) is 0 Å². The van der Waals surface area contributed by atoms with Crippen molar-refractivity contribution < 1.29 is 24.5 Å². The molecule has 6 heteroatoms. The summed E-state index contributed by atoms with van der Waals surface area (Å²) < 4.78 is 5.47. The van der Waals surface area contributed by atoms with Crippen molar-refractivity contribution in [2.75, 3.05) is 13.2 Å². The molecule has 0 fully saturated rings. The Morgan fingerprint density at radius 3 is 1.11 bits per heavy atom. The molecule has 6 nitrogen and oxygen atoms in total. The Balaban J connectivity index is 3.44. The Morgan fingerprint density at radius 1 is 0.443 bits per heavy atom. The van der Waals surface area contributed by atoms with E-state index < -0.39 is 12.1 Å². The third-order valence-electron chi connectivity index (χ3n) is 12.8. The van der Waals surface area contributed by atoms with Crippen molar-refractivity contribution in [3.8, 4) is 0 Å². The van der Waals surface area contributed by atoms with Gasteiger partial charge in [0.25, 0.3) is 0 Å². The van der Waals surface area contributed by atoms with Crippen LogP contribution in [0.1, 0.15) is 303 Å². The highest BCUT2D eigenvalue weighted by atomic mass is 16.5. The molecule has 0 saturated carbocycles. The van der Waals surface area contributed by atoms with Crippen molar-refractivity contribution in [1.82, 2.24) is 5.32 Å². The lowest BCUT2D eigenvalue weighted by molar-refractivity contribution is -0.143. The first-order valence-corrected chi connectivity index (χ1v) is 27.5. The van der Waals surface area contributed by atoms with Gasteiger partial charge in [-0.3, -0.25) is 9.59 Å². The molecule has 2 atom stereocenters. The van der Waals surface area contributed by atoms with Gasteiger partial charge in [-0.2, -0.15) is 0 Å². The fourth-order valence-corrected chi connectivity index (χ4v) is 8.58. The van der Waals surface area contributed by atoms with Crippen LogP contribution in [0.5, 0.6) is 0 Å². The average molecular weight is 862 g/mol. The molecular formula is C55H107NO5. The maximum absolute atomic E-state index is 12.4. The molecule has 0 aromatic carbocycles. The molecule has 0 aromatic heterocycles. The van der Waals surface area contributed by atoms with E-state index in [1.807, 2.05) is 6.08 Å². The third kappa shape index (κ3) is 47.9. The molecule has 0 saturated heterocycles. The number of hydrogen-bond acceptors (Lipinski definition) is 5. The van der Waals surface area contributed by atoms with E-state index in [-0.39, 0.29) is 18.5 Å². The van der Waals surface area contributed by atoms with Crippen LogP contribution in [0.2, 0.25) is 0 Å². The minimum atomic E-state index is -0.848. The maximum Gasteiger partial charge on any atom is 0.305 e. The molecule has 0 radical (unpaired) electrons. The van der Waals surface area contributed by atoms with Gasteiger partial charge in [-0.05, 0) is 32.1 Å². The minimum Gasteiger partial charge on any atom is -0.466 e. The van der Waals surface area contributed by atoms with Crippen LogP contribution < -0.4 is 5.32 Å². The zero-order valence-electron chi connectivity index (χ0n) is 41.2. The molecule has 0 heterocycles. The van der Waals surface area contributed by atoms with Crippen LogP contribution in [0.25, 0.3) is 0 Å². The molecule has 0 bridgehead atoms. The number of aliphatic hydroxyl groups is 2. The van der Waals surface area contributed by atoms with Crippen molar-refractivity contribution in [2.45, 2.75) is 315 Å². The minimum absolute atomic E-state index is 0.00270. The molecule has 0 aromatic rings. The number of ether oxygens (including phenoxy) is 1. The number of aliphatic hydroxyl groups excluding tert-OH is 2. The second-order valence-electron chi connectivity index (χ2n) is 18.9. The third-order valence-corrected chi connectivity index (χ3v) is 12.8. The van der Waals surface area contributed by atoms with Crippen molar-refractivity contribution >= 4 is 11.9 Å². The lowest BCUT2D eigenvalue weighted by Gasteiger charge is -2.20. The molecule has 362 valence electrons. The Bertz CT molecular complexity index is 909. The summed E-state index contributed by atoms with van der Waals surface area (Å²) in [5.41, 5.74) is 0. The number of allylic oxidation sites excluding steroid dienone is 1. The van der Waals surface area contributed by atoms with Gasteiger partial charge in [0.1, 0.15) is 0 Å². The van der Waals surface area contributed by atoms with E-state index in [9.17, 15) is 19.8 Å². The molecule has 2 unspecified atom stereocenters. The van der Waals surface area contributed by atoms with Crippen molar-refractivity contribution in [2.24, 2.45) is 0 Å². The van der Waals surface area contributed by atoms with E-state index in [0.29, 0.717) is 19.4 Å². The molecule has 3 N–H and O–H groups in total. The number of unbranched alkanes of at least 4 members (excludes halogenated alkanes) is 40. The predicted octanol–water partition coefficient (Wildman–Crippen LogP) is 16.5. The van der Waals surface area contributed by atoms with Gasteiger partial charge in [0, 0.05) is 12.8 Å². The van der Waals surface area contributed by atoms with Crippen LogP contribution in [0.3, 0.4) is 0 Å². The maximum atomic E-state index is 12.4. The molecule has 0 aliphatic rings. The monoisotopic (exact) mass is 862 g/mol. The molecule has 1 amide bonds. The Labute approximate surface area is 380 Å². The summed E-state index contributed by atoms with van der Waals surface area (Å²) in [6, 6.07) is -0.632. The van der Waals surface area contributed by atoms with Gasteiger partial charge in [-0.1, -0.05) is 270 Å². The summed E-state index contributed by atoms with van der Waals surface area (Å²) in [6.45, 7) is 4.90. The number of amides is 1. The Morgan fingerprint density at radius 2 is 0.754 bits per heavy atom. The summed E-state index contributed by atoms with van der Waals surface area (Å²) in [5, 5.41) is 23.1. The topological polar surface area (TPSA) is 95.9 Å². The van der Waals surface area contributed by atoms with E-state index in [0.717, 1.165) is 44.9 Å². The van der Waals surface area contributed by atoms with Crippen LogP contribution in [-0.2, 0) is 14.3 Å². The van der Waals surface area contributed by atoms with E-state index in [2.05, 4.69) is 19.2 Å². The normalized spacial score (nSPS) is 12.7. The highest BCUT2D eigenvalue weighted by molar-refractivity contribution is 5.76. The van der Waals surface area contributed by atoms with Crippen molar-refractivity contribution in [3.63, 3.8) is 0 Å². The van der Waals surface area contributed by atoms with Crippen molar-refractivity contribution in [3.05, 3.63) is 12.2 Å². The molecule has 61 heavy (non-hydrogen) atoms. The number of esters is 1. The molecule has 0 aliphatic carbocycles. The van der Waals surface area contributed by atoms with Gasteiger partial charge in [0.2, 0.25) is 5.91 Å². The average Bonchev–Trinajstić information content (AvgIpc) is 3.26. The first-order valence-electron chi connectivity index (χ1n) is 27.5. The summed E-state index contributed by atoms with van der Waals surface area (Å²) in [7, 11) is 0. The van der Waals surface area contributed by atoms with Gasteiger partial charge in [-0.15, -0.1) is 0 Å². The number of carbonyl (C=O) groups is 2. The Hall–Kier alpha value is -1.40. The fraction of sp³-hybridized carbons (Fsp3) is 0.927. The summed E-state index contributed by atoms with van der Waals surface area (Å²) in [4.78, 5) is 24.5. The van der Waals surface area contributed by atoms with Gasteiger partial charge >= 0.3 is 5.97 Å². The summed E-state index contributed by atoms with van der Waals surface area (Å²) >= 11 is 0. The SMILES string of the molecule is CCCCCCCCCCCCCC/C=C/C(O)C(CO)NC(=O)CCCCCCCCCCCCCCCCCOC(=O)CCCCCCCCCCCCCCCCC. The fourth-order valence-electron chi connectivity index (χ4n) is 8.58. The predicted molar refractivity (Wildman–Crippen MR) is 264 cm³/mol. The molecule has 0 rings (SSSR count). The van der Waals surface area contributed by atoms with Crippen LogP contribution in [-0.4, -0.2) is 47.4 Å². The zero-order chi connectivity index (χ0) is 44.4. The first-order chi connectivity index (χ1) is 30.0. The van der Waals surface area contributed by atoms with Gasteiger partial charge < -0.3 is 20.3 Å². The number of hydrogen-bond donors (Lipinski definition) is 3. The van der Waals surface area contributed by atoms with E-state index in [1.165, 1.54) is 231 Å². The van der Waals surface area contributed by atoms with Crippen LogP contribution in [0.15, 0.2) is 12.2 Å². The number of rotatable bonds is 51. The van der Waals surface area contributed by atoms with Crippen LogP contribution >= 0.6 is 0 Å². The van der Waals surface area contributed by atoms with E-state index >= 15 is 0 Å². The van der Waals surface area contributed by atoms with Gasteiger partial charge in [0.15, 0.2) is 0 Å². The van der Waals surface area contributed by atoms with E-state index in [1.54, 1.807) is 6.08 Å². The van der Waals surface area contributed by atoms with Crippen molar-refractivity contribution in [1.29, 1.82) is 0 Å². The number of nitrogens with one attached hydrogen (secondary N) is 1. The molecule has 0 spiro atoms. The second kappa shape index (κ2) is 51.2. The molecular weight excluding hydrogens is 755 g/mol. The lowest BCUT2D eigenvalue weighted by atomic mass is 10.0. The lowest BCUT2D eigenvalue weighted by Crippen LogP contribution is -2.45. The highest BCUT2D eigenvalue weighted by Crippen LogP contribution is 2.17. The first kappa shape index (κ1) is 59.6. The smallest absolute Gasteiger partial charge is 0.305 e. The standard InChI is InChI=1S/C55H107NO5/c1-3-5-7-9-11-13-15-17-20-25-29-33-37-41-45-49-55(60)61-50-46-42-38-34-30-26-22-19-21-24-28-32-36-40-44-48-54(59)56-52(51-57)53(58)47-43-39-35-31-27-23-18-16-14-12-10-8-6-4-2/h43,47,52-53,57-58H,3-42,44-46,48-51H2,1-2H3,(H,56,59)/b47-43+. The quantitative estimate of drug-likeness (QED) is 0.0322. The largest absolute Gasteiger partial charge is 0.466 e. The van der Waals surface area contributed by atoms with E-state index in [4.69, 9.17) is 4.74 Å². The van der Waals surface area contributed by atoms with Gasteiger partial charge in [0.05, 0.1) is 25.4 Å². The number of carbonyl (C=O) groups excluding carboxylic acids is 2. The molecule has 0 aliphatic heterocycles.